The van der Waals surface area contributed by atoms with Crippen LogP contribution in [0, 0.1) is 0 Å². The van der Waals surface area contributed by atoms with Gasteiger partial charge in [0.15, 0.2) is 0 Å². The number of fused-ring (bicyclic) bond motifs is 1. The van der Waals surface area contributed by atoms with Crippen LogP contribution >= 0.6 is 11.3 Å². The van der Waals surface area contributed by atoms with Crippen LogP contribution in [0.15, 0.2) is 24.3 Å². The number of thiophene rings is 1. The molecule has 19 heavy (non-hydrogen) atoms. The highest BCUT2D eigenvalue weighted by Gasteiger charge is 2.20. The molecule has 2 rings (SSSR count). The summed E-state index contributed by atoms with van der Waals surface area (Å²) in [4.78, 5) is 23.8. The molecule has 0 unspecified atom stereocenters. The Hall–Kier alpha value is -1.92. The minimum Gasteiger partial charge on any atom is -0.465 e. The zero-order chi connectivity index (χ0) is 13.8. The molecule has 2 aromatic rings. The molecule has 0 bridgehead atoms. The number of carbonyl (C=O) groups is 2. The van der Waals surface area contributed by atoms with E-state index >= 15 is 0 Å². The van der Waals surface area contributed by atoms with E-state index in [1.165, 1.54) is 25.6 Å². The van der Waals surface area contributed by atoms with Crippen molar-refractivity contribution in [2.45, 2.75) is 0 Å². The maximum atomic E-state index is 11.7. The van der Waals surface area contributed by atoms with Gasteiger partial charge in [-0.1, -0.05) is 18.2 Å². The lowest BCUT2D eigenvalue weighted by Gasteiger charge is -2.05. The smallest absolute Gasteiger partial charge is 0.350 e. The summed E-state index contributed by atoms with van der Waals surface area (Å²) < 4.78 is 10.4. The van der Waals surface area contributed by atoms with Gasteiger partial charge in [0.25, 0.3) is 0 Å². The maximum absolute atomic E-state index is 11.7. The molecule has 0 aliphatic carbocycles. The molecule has 0 fully saturated rings. The van der Waals surface area contributed by atoms with Crippen LogP contribution in [-0.4, -0.2) is 32.7 Å². The van der Waals surface area contributed by atoms with Gasteiger partial charge < -0.3 is 14.8 Å². The van der Waals surface area contributed by atoms with Crippen LogP contribution in [0.1, 0.15) is 9.67 Å². The van der Waals surface area contributed by atoms with Crippen LogP contribution in [-0.2, 0) is 14.3 Å². The van der Waals surface area contributed by atoms with Crippen molar-refractivity contribution in [2.24, 2.45) is 0 Å². The minimum atomic E-state index is -0.464. The van der Waals surface area contributed by atoms with Gasteiger partial charge >= 0.3 is 5.97 Å². The summed E-state index contributed by atoms with van der Waals surface area (Å²) in [7, 11) is 2.75. The summed E-state index contributed by atoms with van der Waals surface area (Å²) in [5.74, 6) is -0.773. The highest BCUT2D eigenvalue weighted by atomic mass is 32.1. The minimum absolute atomic E-state index is 0.0647. The van der Waals surface area contributed by atoms with Crippen LogP contribution in [0.2, 0.25) is 0 Å². The number of anilines is 1. The Balaban J connectivity index is 2.48. The summed E-state index contributed by atoms with van der Waals surface area (Å²) in [6, 6.07) is 7.46. The molecule has 0 atom stereocenters. The quantitative estimate of drug-likeness (QED) is 0.872. The third kappa shape index (κ3) is 2.74. The predicted molar refractivity (Wildman–Crippen MR) is 73.7 cm³/mol. The number of hydrogen-bond donors (Lipinski definition) is 1. The first kappa shape index (κ1) is 13.5. The molecule has 1 N–H and O–H groups in total. The molecule has 0 aliphatic rings. The normalized spacial score (nSPS) is 10.4. The Morgan fingerprint density at radius 1 is 1.26 bits per heavy atom. The Morgan fingerprint density at radius 3 is 2.68 bits per heavy atom. The Labute approximate surface area is 114 Å². The van der Waals surface area contributed by atoms with E-state index in [2.05, 4.69) is 5.32 Å². The average molecular weight is 279 g/mol. The first-order valence-corrected chi connectivity index (χ1v) is 6.37. The predicted octanol–water partition coefficient (Wildman–Crippen LogP) is 2.27. The molecule has 0 radical (unpaired) electrons. The largest absolute Gasteiger partial charge is 0.465 e. The number of hydrogen-bond acceptors (Lipinski definition) is 5. The molecule has 100 valence electrons. The molecule has 1 amide bonds. The van der Waals surface area contributed by atoms with E-state index < -0.39 is 5.97 Å². The molecule has 5 nitrogen and oxygen atoms in total. The van der Waals surface area contributed by atoms with Gasteiger partial charge in [0.1, 0.15) is 11.5 Å². The molecular formula is C13H13NO4S. The Kier molecular flexibility index (Phi) is 4.13. The van der Waals surface area contributed by atoms with Crippen molar-refractivity contribution in [3.05, 3.63) is 29.1 Å². The molecule has 1 heterocycles. The van der Waals surface area contributed by atoms with E-state index in [9.17, 15) is 9.59 Å². The monoisotopic (exact) mass is 279 g/mol. The lowest BCUT2D eigenvalue weighted by Crippen LogP contribution is -2.18. The molecule has 6 heteroatoms. The van der Waals surface area contributed by atoms with E-state index in [4.69, 9.17) is 9.47 Å². The first-order valence-electron chi connectivity index (χ1n) is 5.56. The Bertz CT molecular complexity index is 620. The third-order valence-electron chi connectivity index (χ3n) is 2.51. The Morgan fingerprint density at radius 2 is 2.00 bits per heavy atom. The number of methoxy groups -OCH3 is 2. The van der Waals surface area contributed by atoms with Crippen LogP contribution in [0.4, 0.5) is 5.69 Å². The number of rotatable bonds is 4. The number of amides is 1. The van der Waals surface area contributed by atoms with Crippen molar-refractivity contribution in [1.82, 2.24) is 0 Å². The van der Waals surface area contributed by atoms with Crippen LogP contribution < -0.4 is 5.32 Å². The van der Waals surface area contributed by atoms with Gasteiger partial charge in [-0.3, -0.25) is 4.79 Å². The van der Waals surface area contributed by atoms with Gasteiger partial charge in [0.05, 0.1) is 12.8 Å². The number of benzene rings is 1. The summed E-state index contributed by atoms with van der Waals surface area (Å²) in [6.45, 7) is -0.0647. The molecule has 0 saturated carbocycles. The lowest BCUT2D eigenvalue weighted by atomic mass is 10.2. The fraction of sp³-hybridized carbons (Fsp3) is 0.231. The molecule has 1 aromatic carbocycles. The second-order valence-electron chi connectivity index (χ2n) is 3.78. The highest BCUT2D eigenvalue weighted by molar-refractivity contribution is 7.21. The van der Waals surface area contributed by atoms with Gasteiger partial charge in [0, 0.05) is 17.2 Å². The summed E-state index contributed by atoms with van der Waals surface area (Å²) in [5, 5.41) is 3.51. The fourth-order valence-corrected chi connectivity index (χ4v) is 2.79. The standard InChI is InChI=1S/C13H13NO4S/c1-17-7-10(15)14-11-8-5-3-4-6-9(8)19-12(11)13(16)18-2/h3-6H,7H2,1-2H3,(H,14,15). The summed E-state index contributed by atoms with van der Waals surface area (Å²) >= 11 is 1.29. The lowest BCUT2D eigenvalue weighted by molar-refractivity contribution is -0.119. The van der Waals surface area contributed by atoms with E-state index in [1.807, 2.05) is 24.3 Å². The number of ether oxygens (including phenoxy) is 2. The van der Waals surface area contributed by atoms with Crippen molar-refractivity contribution in [2.75, 3.05) is 26.1 Å². The molecule has 0 spiro atoms. The first-order chi connectivity index (χ1) is 9.17. The van der Waals surface area contributed by atoms with E-state index in [1.54, 1.807) is 0 Å². The second kappa shape index (κ2) is 5.81. The van der Waals surface area contributed by atoms with E-state index in [0.29, 0.717) is 10.6 Å². The van der Waals surface area contributed by atoms with E-state index in [0.717, 1.165) is 10.1 Å². The summed E-state index contributed by atoms with van der Waals surface area (Å²) in [5.41, 5.74) is 0.481. The van der Waals surface area contributed by atoms with Gasteiger partial charge in [-0.25, -0.2) is 4.79 Å². The van der Waals surface area contributed by atoms with Gasteiger partial charge in [-0.05, 0) is 6.07 Å². The van der Waals surface area contributed by atoms with Gasteiger partial charge in [-0.15, -0.1) is 11.3 Å². The average Bonchev–Trinajstić information content (AvgIpc) is 2.77. The second-order valence-corrected chi connectivity index (χ2v) is 4.83. The summed E-state index contributed by atoms with van der Waals surface area (Å²) in [6.07, 6.45) is 0. The van der Waals surface area contributed by atoms with Gasteiger partial charge in [0.2, 0.25) is 5.91 Å². The van der Waals surface area contributed by atoms with Crippen LogP contribution in [0.25, 0.3) is 10.1 Å². The van der Waals surface area contributed by atoms with Crippen LogP contribution in [0.3, 0.4) is 0 Å². The van der Waals surface area contributed by atoms with Crippen molar-refractivity contribution in [1.29, 1.82) is 0 Å². The topological polar surface area (TPSA) is 64.6 Å². The van der Waals surface area contributed by atoms with Crippen molar-refractivity contribution < 1.29 is 19.1 Å². The van der Waals surface area contributed by atoms with E-state index in [-0.39, 0.29) is 12.5 Å². The van der Waals surface area contributed by atoms with Gasteiger partial charge in [-0.2, -0.15) is 0 Å². The SMILES string of the molecule is COCC(=O)Nc1c(C(=O)OC)sc2ccccc12. The highest BCUT2D eigenvalue weighted by Crippen LogP contribution is 2.36. The number of nitrogens with one attached hydrogen (secondary N) is 1. The maximum Gasteiger partial charge on any atom is 0.350 e. The van der Waals surface area contributed by atoms with Crippen molar-refractivity contribution in [3.63, 3.8) is 0 Å². The molecule has 0 saturated heterocycles. The fourth-order valence-electron chi connectivity index (χ4n) is 1.71. The zero-order valence-corrected chi connectivity index (χ0v) is 11.4. The number of esters is 1. The zero-order valence-electron chi connectivity index (χ0n) is 10.6. The molecule has 0 aliphatic heterocycles. The molecular weight excluding hydrogens is 266 g/mol. The number of carbonyl (C=O) groups excluding carboxylic acids is 2. The molecule has 1 aromatic heterocycles. The van der Waals surface area contributed by atoms with Crippen LogP contribution in [0.5, 0.6) is 0 Å². The van der Waals surface area contributed by atoms with Crippen molar-refractivity contribution >= 4 is 39.0 Å². The third-order valence-corrected chi connectivity index (χ3v) is 3.66. The van der Waals surface area contributed by atoms with Crippen molar-refractivity contribution in [3.8, 4) is 0 Å².